The van der Waals surface area contributed by atoms with Gasteiger partial charge in [0, 0.05) is 12.3 Å². The van der Waals surface area contributed by atoms with Crippen molar-refractivity contribution in [3.05, 3.63) is 29.8 Å². The van der Waals surface area contributed by atoms with Gasteiger partial charge in [-0.3, -0.25) is 19.2 Å². The fourth-order valence-corrected chi connectivity index (χ4v) is 4.39. The van der Waals surface area contributed by atoms with Gasteiger partial charge in [0.2, 0.25) is 0 Å². The van der Waals surface area contributed by atoms with Crippen molar-refractivity contribution in [2.75, 3.05) is 18.8 Å². The average Bonchev–Trinajstić information content (AvgIpc) is 2.68. The van der Waals surface area contributed by atoms with E-state index in [1.165, 1.54) is 7.11 Å². The summed E-state index contributed by atoms with van der Waals surface area (Å²) in [5, 5.41) is 10.8. The van der Waals surface area contributed by atoms with Crippen LogP contribution in [0.3, 0.4) is 0 Å². The number of fused-ring (bicyclic) bond motifs is 4. The number of rotatable bonds is 2. The van der Waals surface area contributed by atoms with Crippen LogP contribution < -0.4 is 5.06 Å². The topological polar surface area (TPSA) is 93.1 Å². The number of hydroxylamine groups is 1. The Bertz CT molecular complexity index is 746. The van der Waals surface area contributed by atoms with Crippen LogP contribution in [0.15, 0.2) is 24.3 Å². The number of carbonyl (C=O) groups excluding carboxylic acids is 2. The third-order valence-electron chi connectivity index (χ3n) is 5.46. The van der Waals surface area contributed by atoms with Crippen LogP contribution >= 0.6 is 0 Å². The molecular formula is C17H17NO6. The summed E-state index contributed by atoms with van der Waals surface area (Å²) in [5.41, 5.74) is -0.197. The van der Waals surface area contributed by atoms with Gasteiger partial charge in [0.25, 0.3) is 5.91 Å². The quantitative estimate of drug-likeness (QED) is 0.866. The second-order valence-corrected chi connectivity index (χ2v) is 6.56. The van der Waals surface area contributed by atoms with Crippen LogP contribution in [0.5, 0.6) is 0 Å². The molecule has 0 radical (unpaired) electrons. The lowest BCUT2D eigenvalue weighted by molar-refractivity contribution is -0.151. The zero-order valence-electron chi connectivity index (χ0n) is 13.1. The van der Waals surface area contributed by atoms with E-state index in [0.29, 0.717) is 11.3 Å². The van der Waals surface area contributed by atoms with Gasteiger partial charge < -0.3 is 9.84 Å². The monoisotopic (exact) mass is 331 g/mol. The Morgan fingerprint density at radius 2 is 2.12 bits per heavy atom. The first-order valence-corrected chi connectivity index (χ1v) is 7.86. The molecule has 2 saturated heterocycles. The van der Waals surface area contributed by atoms with Gasteiger partial charge in [-0.15, -0.1) is 0 Å². The number of benzene rings is 1. The van der Waals surface area contributed by atoms with Crippen LogP contribution in [0.25, 0.3) is 0 Å². The highest BCUT2D eigenvalue weighted by atomic mass is 16.7. The van der Waals surface area contributed by atoms with E-state index in [-0.39, 0.29) is 25.2 Å². The Labute approximate surface area is 138 Å². The minimum Gasteiger partial charge on any atom is -0.481 e. The second kappa shape index (κ2) is 5.12. The maximum atomic E-state index is 13.2. The molecule has 3 aliphatic heterocycles. The van der Waals surface area contributed by atoms with Gasteiger partial charge in [-0.05, 0) is 18.1 Å². The van der Waals surface area contributed by atoms with Crippen molar-refractivity contribution in [3.63, 3.8) is 0 Å². The van der Waals surface area contributed by atoms with Gasteiger partial charge in [-0.1, -0.05) is 18.2 Å². The van der Waals surface area contributed by atoms with Crippen molar-refractivity contribution >= 4 is 23.3 Å². The molecule has 0 aromatic heterocycles. The number of ether oxygens (including phenoxy) is 1. The lowest BCUT2D eigenvalue weighted by Gasteiger charge is -2.34. The number of anilines is 1. The molecule has 1 amide bonds. The SMILES string of the molecule is CON1C(=O)C2(C[C@H](C(=O)O)C3COC2C(=O)C3)c2ccccc21. The number of para-hydroxylation sites is 1. The summed E-state index contributed by atoms with van der Waals surface area (Å²) < 4.78 is 5.74. The highest BCUT2D eigenvalue weighted by Crippen LogP contribution is 2.53. The number of nitrogens with zero attached hydrogens (tertiary/aromatic N) is 1. The number of carboxylic acids is 1. The standard InChI is InChI=1S/C17H17NO6/c1-23-18-12-5-3-2-4-11(12)17(16(18)22)7-10(15(20)21)9-6-13(19)14(17)24-8-9/h2-5,9-10,14H,6-8H2,1H3,(H,20,21)/t9?,10-,14?,17?/m0/s1. The minimum absolute atomic E-state index is 0.0408. The zero-order valence-corrected chi connectivity index (χ0v) is 13.1. The van der Waals surface area contributed by atoms with Crippen LogP contribution in [0.4, 0.5) is 5.69 Å². The molecule has 3 fully saturated rings. The molecule has 1 aromatic carbocycles. The number of aliphatic carboxylic acids is 1. The van der Waals surface area contributed by atoms with E-state index in [9.17, 15) is 19.5 Å². The first-order valence-electron chi connectivity index (χ1n) is 7.86. The number of amides is 1. The molecule has 1 N–H and O–H groups in total. The molecule has 3 unspecified atom stereocenters. The van der Waals surface area contributed by atoms with E-state index < -0.39 is 35.2 Å². The molecule has 7 nitrogen and oxygen atoms in total. The molecule has 7 heteroatoms. The fraction of sp³-hybridized carbons (Fsp3) is 0.471. The summed E-state index contributed by atoms with van der Waals surface area (Å²) in [6.45, 7) is 0.178. The zero-order chi connectivity index (χ0) is 17.1. The van der Waals surface area contributed by atoms with Crippen LogP contribution in [0.2, 0.25) is 0 Å². The summed E-state index contributed by atoms with van der Waals surface area (Å²) in [4.78, 5) is 42.8. The second-order valence-electron chi connectivity index (χ2n) is 6.56. The van der Waals surface area contributed by atoms with Crippen molar-refractivity contribution in [1.82, 2.24) is 0 Å². The number of carbonyl (C=O) groups is 3. The third-order valence-corrected chi connectivity index (χ3v) is 5.46. The number of carboxylic acid groups (broad SMARTS) is 1. The number of hydrogen-bond acceptors (Lipinski definition) is 5. The number of ketones is 1. The fourth-order valence-electron chi connectivity index (χ4n) is 4.39. The molecular weight excluding hydrogens is 314 g/mol. The Morgan fingerprint density at radius 1 is 1.38 bits per heavy atom. The maximum absolute atomic E-state index is 13.2. The van der Waals surface area contributed by atoms with E-state index in [0.717, 1.165) is 5.06 Å². The van der Waals surface area contributed by atoms with Crippen molar-refractivity contribution in [1.29, 1.82) is 0 Å². The molecule has 126 valence electrons. The highest BCUT2D eigenvalue weighted by molar-refractivity contribution is 6.11. The summed E-state index contributed by atoms with van der Waals surface area (Å²) in [5.74, 6) is -2.86. The highest BCUT2D eigenvalue weighted by Gasteiger charge is 2.64. The largest absolute Gasteiger partial charge is 0.481 e. The van der Waals surface area contributed by atoms with E-state index in [2.05, 4.69) is 0 Å². The van der Waals surface area contributed by atoms with Gasteiger partial charge in [-0.2, -0.15) is 5.06 Å². The first kappa shape index (κ1) is 15.3. The van der Waals surface area contributed by atoms with Crippen LogP contribution in [0.1, 0.15) is 18.4 Å². The van der Waals surface area contributed by atoms with Gasteiger partial charge >= 0.3 is 5.97 Å². The van der Waals surface area contributed by atoms with E-state index >= 15 is 0 Å². The summed E-state index contributed by atoms with van der Waals surface area (Å²) >= 11 is 0. The van der Waals surface area contributed by atoms with Crippen LogP contribution in [-0.2, 0) is 29.4 Å². The predicted molar refractivity (Wildman–Crippen MR) is 81.2 cm³/mol. The molecule has 1 aliphatic carbocycles. The molecule has 1 aromatic rings. The molecule has 3 heterocycles. The van der Waals surface area contributed by atoms with Gasteiger partial charge in [0.1, 0.15) is 11.5 Å². The molecule has 4 atom stereocenters. The van der Waals surface area contributed by atoms with E-state index in [1.54, 1.807) is 24.3 Å². The number of Topliss-reactive ketones (excluding diaryl/α,β-unsaturated/α-hetero) is 1. The molecule has 24 heavy (non-hydrogen) atoms. The van der Waals surface area contributed by atoms with Crippen LogP contribution in [-0.4, -0.2) is 42.6 Å². The Kier molecular flexibility index (Phi) is 3.26. The van der Waals surface area contributed by atoms with E-state index in [4.69, 9.17) is 9.57 Å². The van der Waals surface area contributed by atoms with Gasteiger partial charge in [-0.25, -0.2) is 0 Å². The van der Waals surface area contributed by atoms with Crippen molar-refractivity contribution < 1.29 is 29.1 Å². The Hall–Kier alpha value is -2.25. The number of hydrogen-bond donors (Lipinski definition) is 1. The normalized spacial score (nSPS) is 34.5. The molecule has 5 rings (SSSR count). The van der Waals surface area contributed by atoms with Crippen molar-refractivity contribution in [2.24, 2.45) is 11.8 Å². The average molecular weight is 331 g/mol. The van der Waals surface area contributed by atoms with Crippen molar-refractivity contribution in [2.45, 2.75) is 24.4 Å². The van der Waals surface area contributed by atoms with E-state index in [1.807, 2.05) is 0 Å². The Morgan fingerprint density at radius 3 is 2.79 bits per heavy atom. The smallest absolute Gasteiger partial charge is 0.306 e. The van der Waals surface area contributed by atoms with Crippen molar-refractivity contribution in [3.8, 4) is 0 Å². The van der Waals surface area contributed by atoms with Gasteiger partial charge in [0.05, 0.1) is 25.3 Å². The maximum Gasteiger partial charge on any atom is 0.306 e. The summed E-state index contributed by atoms with van der Waals surface area (Å²) in [6, 6.07) is 7.01. The minimum atomic E-state index is -1.34. The molecule has 1 saturated carbocycles. The Balaban J connectivity index is 1.96. The lowest BCUT2D eigenvalue weighted by atomic mass is 9.71. The molecule has 1 spiro atoms. The first-order chi connectivity index (χ1) is 11.5. The molecule has 4 aliphatic rings. The third kappa shape index (κ3) is 1.76. The summed E-state index contributed by atoms with van der Waals surface area (Å²) in [6.07, 6.45) is -0.794. The summed E-state index contributed by atoms with van der Waals surface area (Å²) in [7, 11) is 1.37. The van der Waals surface area contributed by atoms with Gasteiger partial charge in [0.15, 0.2) is 5.78 Å². The van der Waals surface area contributed by atoms with Crippen LogP contribution in [0, 0.1) is 11.8 Å². The molecule has 2 bridgehead atoms. The lowest BCUT2D eigenvalue weighted by Crippen LogP contribution is -2.53. The predicted octanol–water partition coefficient (Wildman–Crippen LogP) is 0.911.